The molecule has 0 aliphatic heterocycles. The van der Waals surface area contributed by atoms with E-state index in [1.807, 2.05) is 48.5 Å². The van der Waals surface area contributed by atoms with Crippen LogP contribution in [0.5, 0.6) is 11.5 Å². The number of nitrogen functional groups attached to an aromatic ring is 1. The van der Waals surface area contributed by atoms with Gasteiger partial charge in [0.2, 0.25) is 0 Å². The minimum absolute atomic E-state index is 0.203. The van der Waals surface area contributed by atoms with E-state index < -0.39 is 11.9 Å². The number of fused-ring (bicyclic) bond motifs is 2. The van der Waals surface area contributed by atoms with Crippen molar-refractivity contribution < 1.29 is 23.8 Å². The highest BCUT2D eigenvalue weighted by molar-refractivity contribution is 6.16. The van der Waals surface area contributed by atoms with Crippen LogP contribution in [-0.2, 0) is 4.74 Å². The summed E-state index contributed by atoms with van der Waals surface area (Å²) in [4.78, 5) is 25.7. The van der Waals surface area contributed by atoms with Crippen molar-refractivity contribution in [2.75, 3.05) is 32.4 Å². The van der Waals surface area contributed by atoms with Crippen LogP contribution in [-0.4, -0.2) is 33.2 Å². The summed E-state index contributed by atoms with van der Waals surface area (Å²) in [5, 5.41) is 5.80. The first-order chi connectivity index (χ1) is 15.5. The number of amides is 1. The van der Waals surface area contributed by atoms with Crippen molar-refractivity contribution in [3.63, 3.8) is 0 Å². The summed E-state index contributed by atoms with van der Waals surface area (Å²) in [5.74, 6) is -0.211. The minimum Gasteiger partial charge on any atom is -0.495 e. The van der Waals surface area contributed by atoms with E-state index in [4.69, 9.17) is 19.9 Å². The Morgan fingerprint density at radius 2 is 1.28 bits per heavy atom. The van der Waals surface area contributed by atoms with Gasteiger partial charge >= 0.3 is 5.97 Å². The van der Waals surface area contributed by atoms with Crippen LogP contribution >= 0.6 is 0 Å². The van der Waals surface area contributed by atoms with E-state index in [1.54, 1.807) is 12.1 Å². The quantitative estimate of drug-likeness (QED) is 0.354. The number of methoxy groups -OCH3 is 3. The Bertz CT molecular complexity index is 1360. The number of hydrogen-bond donors (Lipinski definition) is 2. The van der Waals surface area contributed by atoms with Gasteiger partial charge in [-0.15, -0.1) is 0 Å². The number of carbonyl (C=O) groups is 2. The molecule has 7 nitrogen and oxygen atoms in total. The van der Waals surface area contributed by atoms with Crippen molar-refractivity contribution in [3.05, 3.63) is 71.8 Å². The second-order valence-corrected chi connectivity index (χ2v) is 7.09. The van der Waals surface area contributed by atoms with Gasteiger partial charge in [-0.25, -0.2) is 4.79 Å². The molecule has 0 aromatic heterocycles. The van der Waals surface area contributed by atoms with Crippen molar-refractivity contribution in [1.82, 2.24) is 0 Å². The molecule has 0 atom stereocenters. The molecule has 0 saturated heterocycles. The third kappa shape index (κ3) is 3.43. The van der Waals surface area contributed by atoms with E-state index >= 15 is 0 Å². The fourth-order valence-corrected chi connectivity index (χ4v) is 3.89. The zero-order valence-electron chi connectivity index (χ0n) is 17.9. The van der Waals surface area contributed by atoms with Gasteiger partial charge in [0.1, 0.15) is 17.1 Å². The van der Waals surface area contributed by atoms with E-state index in [-0.39, 0.29) is 11.1 Å². The summed E-state index contributed by atoms with van der Waals surface area (Å²) in [6.07, 6.45) is 0. The average molecular weight is 430 g/mol. The largest absolute Gasteiger partial charge is 0.495 e. The summed E-state index contributed by atoms with van der Waals surface area (Å²) < 4.78 is 15.9. The Kier molecular flexibility index (Phi) is 5.55. The standard InChI is InChI=1S/C25H22N2O5/c1-30-22-16-10-6-4-8-14(16)20(26)12-18(22)24(28)27-21-13-19(25(29)32-3)23(31-2)17-11-7-5-9-15(17)21/h4-13H,26H2,1-3H3,(H,27,28). The maximum atomic E-state index is 13.3. The molecule has 0 bridgehead atoms. The van der Waals surface area contributed by atoms with Gasteiger partial charge in [-0.2, -0.15) is 0 Å². The lowest BCUT2D eigenvalue weighted by Gasteiger charge is -2.17. The first-order valence-electron chi connectivity index (χ1n) is 9.84. The van der Waals surface area contributed by atoms with Gasteiger partial charge in [-0.3, -0.25) is 4.79 Å². The van der Waals surface area contributed by atoms with Crippen LogP contribution in [0.4, 0.5) is 11.4 Å². The fourth-order valence-electron chi connectivity index (χ4n) is 3.89. The Balaban J connectivity index is 1.87. The van der Waals surface area contributed by atoms with Crippen molar-refractivity contribution in [2.45, 2.75) is 0 Å². The lowest BCUT2D eigenvalue weighted by Crippen LogP contribution is -2.15. The molecule has 0 aliphatic carbocycles. The predicted octanol–water partition coefficient (Wildman–Crippen LogP) is 4.63. The highest BCUT2D eigenvalue weighted by Crippen LogP contribution is 2.38. The van der Waals surface area contributed by atoms with Gasteiger partial charge in [-0.05, 0) is 12.1 Å². The van der Waals surface area contributed by atoms with E-state index in [0.717, 1.165) is 10.8 Å². The van der Waals surface area contributed by atoms with E-state index in [9.17, 15) is 9.59 Å². The van der Waals surface area contributed by atoms with E-state index in [2.05, 4.69) is 5.32 Å². The smallest absolute Gasteiger partial charge is 0.341 e. The lowest BCUT2D eigenvalue weighted by atomic mass is 10.0. The number of esters is 1. The maximum Gasteiger partial charge on any atom is 0.341 e. The number of nitrogens with one attached hydrogen (secondary N) is 1. The highest BCUT2D eigenvalue weighted by Gasteiger charge is 2.22. The SMILES string of the molecule is COC(=O)c1cc(NC(=O)c2cc(N)c3ccccc3c2OC)c2ccccc2c1OC. The molecule has 0 spiro atoms. The minimum atomic E-state index is -0.573. The Labute approximate surface area is 184 Å². The number of nitrogens with two attached hydrogens (primary N) is 1. The molecular weight excluding hydrogens is 408 g/mol. The zero-order valence-corrected chi connectivity index (χ0v) is 17.9. The molecule has 0 aliphatic rings. The summed E-state index contributed by atoms with van der Waals surface area (Å²) in [7, 11) is 4.28. The molecule has 4 aromatic rings. The summed E-state index contributed by atoms with van der Waals surface area (Å²) >= 11 is 0. The van der Waals surface area contributed by atoms with Gasteiger partial charge in [-0.1, -0.05) is 48.5 Å². The van der Waals surface area contributed by atoms with Gasteiger partial charge in [0, 0.05) is 27.2 Å². The predicted molar refractivity (Wildman–Crippen MR) is 125 cm³/mol. The Morgan fingerprint density at radius 3 is 1.88 bits per heavy atom. The molecule has 32 heavy (non-hydrogen) atoms. The van der Waals surface area contributed by atoms with Crippen LogP contribution in [0.25, 0.3) is 21.5 Å². The Morgan fingerprint density at radius 1 is 0.750 bits per heavy atom. The number of hydrogen-bond acceptors (Lipinski definition) is 6. The van der Waals surface area contributed by atoms with Gasteiger partial charge in [0.15, 0.2) is 0 Å². The molecule has 4 rings (SSSR count). The number of anilines is 2. The summed E-state index contributed by atoms with van der Waals surface area (Å²) in [6, 6.07) is 17.9. The molecule has 1 amide bonds. The second kappa shape index (κ2) is 8.47. The third-order valence-electron chi connectivity index (χ3n) is 5.33. The highest BCUT2D eigenvalue weighted by atomic mass is 16.5. The van der Waals surface area contributed by atoms with Crippen molar-refractivity contribution in [1.29, 1.82) is 0 Å². The topological polar surface area (TPSA) is 99.9 Å². The van der Waals surface area contributed by atoms with Crippen LogP contribution < -0.4 is 20.5 Å². The first-order valence-corrected chi connectivity index (χ1v) is 9.84. The Hall–Kier alpha value is -4.26. The molecular formula is C25H22N2O5. The normalized spacial score (nSPS) is 10.7. The molecule has 0 fully saturated rings. The van der Waals surface area contributed by atoms with Crippen LogP contribution in [0.1, 0.15) is 20.7 Å². The van der Waals surface area contributed by atoms with Gasteiger partial charge < -0.3 is 25.3 Å². The van der Waals surface area contributed by atoms with Crippen molar-refractivity contribution in [2.24, 2.45) is 0 Å². The molecule has 0 radical (unpaired) electrons. The summed E-state index contributed by atoms with van der Waals surface area (Å²) in [5.41, 5.74) is 7.58. The molecule has 0 heterocycles. The lowest BCUT2D eigenvalue weighted by molar-refractivity contribution is 0.0597. The molecule has 7 heteroatoms. The maximum absolute atomic E-state index is 13.3. The number of carbonyl (C=O) groups excluding carboxylic acids is 2. The number of ether oxygens (including phenoxy) is 3. The fraction of sp³-hybridized carbons (Fsp3) is 0.120. The number of benzene rings is 4. The molecule has 4 aromatic carbocycles. The monoisotopic (exact) mass is 430 g/mol. The number of rotatable bonds is 5. The summed E-state index contributed by atoms with van der Waals surface area (Å²) in [6.45, 7) is 0. The second-order valence-electron chi connectivity index (χ2n) is 7.09. The van der Waals surface area contributed by atoms with Gasteiger partial charge in [0.25, 0.3) is 5.91 Å². The average Bonchev–Trinajstić information content (AvgIpc) is 2.83. The van der Waals surface area contributed by atoms with Crippen molar-refractivity contribution in [3.8, 4) is 11.5 Å². The van der Waals surface area contributed by atoms with Crippen LogP contribution in [0.2, 0.25) is 0 Å². The van der Waals surface area contributed by atoms with Crippen LogP contribution in [0.15, 0.2) is 60.7 Å². The molecule has 0 unspecified atom stereocenters. The molecule has 3 N–H and O–H groups in total. The van der Waals surface area contributed by atoms with Gasteiger partial charge in [0.05, 0.1) is 32.6 Å². The molecule has 162 valence electrons. The van der Waals surface area contributed by atoms with Crippen molar-refractivity contribution >= 4 is 44.8 Å². The van der Waals surface area contributed by atoms with E-state index in [0.29, 0.717) is 33.6 Å². The third-order valence-corrected chi connectivity index (χ3v) is 5.33. The van der Waals surface area contributed by atoms with Crippen LogP contribution in [0, 0.1) is 0 Å². The van der Waals surface area contributed by atoms with Crippen LogP contribution in [0.3, 0.4) is 0 Å². The first kappa shape index (κ1) is 21.0. The van der Waals surface area contributed by atoms with E-state index in [1.165, 1.54) is 21.3 Å². The molecule has 0 saturated carbocycles. The zero-order chi connectivity index (χ0) is 22.8.